The average molecular weight is 337 g/mol. The van der Waals surface area contributed by atoms with Crippen molar-refractivity contribution in [1.29, 1.82) is 0 Å². The van der Waals surface area contributed by atoms with Gasteiger partial charge in [-0.3, -0.25) is 0 Å². The van der Waals surface area contributed by atoms with Gasteiger partial charge < -0.3 is 5.11 Å². The standard InChI is InChI=1S/C12H8BrF3OS/c13-7-1-2-18-11(7)5-10(17)6-3-8(14)12(16)9(15)4-6/h1-4,10,17H,5H2. The van der Waals surface area contributed by atoms with E-state index < -0.39 is 23.6 Å². The Balaban J connectivity index is 2.24. The first kappa shape index (κ1) is 13.6. The number of hydrogen-bond donors (Lipinski definition) is 1. The molecular formula is C12H8BrF3OS. The second kappa shape index (κ2) is 5.42. The van der Waals surface area contributed by atoms with Crippen molar-refractivity contribution in [2.45, 2.75) is 12.5 Å². The molecule has 1 atom stereocenters. The summed E-state index contributed by atoms with van der Waals surface area (Å²) in [4.78, 5) is 0.854. The second-order valence-electron chi connectivity index (χ2n) is 3.71. The molecule has 18 heavy (non-hydrogen) atoms. The third-order valence-electron chi connectivity index (χ3n) is 2.46. The summed E-state index contributed by atoms with van der Waals surface area (Å²) in [7, 11) is 0. The fourth-order valence-corrected chi connectivity index (χ4v) is 3.08. The predicted molar refractivity (Wildman–Crippen MR) is 67.0 cm³/mol. The van der Waals surface area contributed by atoms with Crippen LogP contribution in [0, 0.1) is 17.5 Å². The van der Waals surface area contributed by atoms with E-state index >= 15 is 0 Å². The van der Waals surface area contributed by atoms with Gasteiger partial charge in [0, 0.05) is 15.8 Å². The summed E-state index contributed by atoms with van der Waals surface area (Å²) >= 11 is 4.71. The summed E-state index contributed by atoms with van der Waals surface area (Å²) in [6.45, 7) is 0. The number of benzene rings is 1. The highest BCUT2D eigenvalue weighted by Gasteiger charge is 2.17. The van der Waals surface area contributed by atoms with Gasteiger partial charge in [-0.15, -0.1) is 11.3 Å². The van der Waals surface area contributed by atoms with Crippen LogP contribution in [0.4, 0.5) is 13.2 Å². The minimum Gasteiger partial charge on any atom is -0.388 e. The van der Waals surface area contributed by atoms with E-state index in [-0.39, 0.29) is 12.0 Å². The van der Waals surface area contributed by atoms with E-state index in [4.69, 9.17) is 0 Å². The molecule has 96 valence electrons. The molecule has 1 heterocycles. The minimum absolute atomic E-state index is 0.0201. The van der Waals surface area contributed by atoms with Gasteiger partial charge in [-0.25, -0.2) is 13.2 Å². The van der Waals surface area contributed by atoms with Crippen molar-refractivity contribution < 1.29 is 18.3 Å². The van der Waals surface area contributed by atoms with Gasteiger partial charge in [0.25, 0.3) is 0 Å². The number of thiophene rings is 1. The highest BCUT2D eigenvalue weighted by atomic mass is 79.9. The molecule has 0 aliphatic carbocycles. The van der Waals surface area contributed by atoms with Gasteiger partial charge in [0.1, 0.15) is 0 Å². The smallest absolute Gasteiger partial charge is 0.194 e. The molecule has 6 heteroatoms. The molecule has 0 saturated heterocycles. The fraction of sp³-hybridized carbons (Fsp3) is 0.167. The van der Waals surface area contributed by atoms with Crippen molar-refractivity contribution in [1.82, 2.24) is 0 Å². The number of halogens is 4. The van der Waals surface area contributed by atoms with Crippen LogP contribution in [-0.2, 0) is 6.42 Å². The Morgan fingerprint density at radius 2 is 1.83 bits per heavy atom. The maximum atomic E-state index is 13.0. The van der Waals surface area contributed by atoms with Gasteiger partial charge in [-0.2, -0.15) is 0 Å². The lowest BCUT2D eigenvalue weighted by atomic mass is 10.1. The molecule has 0 amide bonds. The van der Waals surface area contributed by atoms with Crippen LogP contribution in [0.1, 0.15) is 16.5 Å². The van der Waals surface area contributed by atoms with Crippen molar-refractivity contribution in [2.75, 3.05) is 0 Å². The zero-order chi connectivity index (χ0) is 13.3. The van der Waals surface area contributed by atoms with E-state index in [1.165, 1.54) is 11.3 Å². The number of aliphatic hydroxyl groups is 1. The summed E-state index contributed by atoms with van der Waals surface area (Å²) in [6.07, 6.45) is -0.868. The van der Waals surface area contributed by atoms with Crippen LogP contribution in [0.5, 0.6) is 0 Å². The normalized spacial score (nSPS) is 12.7. The van der Waals surface area contributed by atoms with Gasteiger partial charge in [-0.1, -0.05) is 0 Å². The van der Waals surface area contributed by atoms with Gasteiger partial charge in [-0.05, 0) is 45.1 Å². The number of aliphatic hydroxyl groups excluding tert-OH is 1. The van der Waals surface area contributed by atoms with E-state index in [1.807, 2.05) is 11.4 Å². The first-order chi connectivity index (χ1) is 8.49. The van der Waals surface area contributed by atoms with E-state index in [0.29, 0.717) is 0 Å². The number of rotatable bonds is 3. The quantitative estimate of drug-likeness (QED) is 0.832. The zero-order valence-electron chi connectivity index (χ0n) is 8.96. The van der Waals surface area contributed by atoms with Gasteiger partial charge >= 0.3 is 0 Å². The van der Waals surface area contributed by atoms with Crippen LogP contribution in [-0.4, -0.2) is 5.11 Å². The van der Waals surface area contributed by atoms with Crippen LogP contribution in [0.3, 0.4) is 0 Å². The Morgan fingerprint density at radius 1 is 1.22 bits per heavy atom. The SMILES string of the molecule is OC(Cc1sccc1Br)c1cc(F)c(F)c(F)c1. The maximum Gasteiger partial charge on any atom is 0.194 e. The van der Waals surface area contributed by atoms with E-state index in [2.05, 4.69) is 15.9 Å². The third kappa shape index (κ3) is 2.76. The molecule has 0 radical (unpaired) electrons. The zero-order valence-corrected chi connectivity index (χ0v) is 11.4. The van der Waals surface area contributed by atoms with Crippen molar-refractivity contribution in [3.05, 3.63) is 55.9 Å². The lowest BCUT2D eigenvalue weighted by Crippen LogP contribution is -2.04. The average Bonchev–Trinajstić information content (AvgIpc) is 2.71. The highest BCUT2D eigenvalue weighted by Crippen LogP contribution is 2.29. The molecule has 1 aromatic heterocycles. The Kier molecular flexibility index (Phi) is 4.09. The first-order valence-electron chi connectivity index (χ1n) is 5.03. The Hall–Kier alpha value is -0.850. The maximum absolute atomic E-state index is 13.0. The van der Waals surface area contributed by atoms with Crippen molar-refractivity contribution >= 4 is 27.3 Å². The molecule has 0 aliphatic rings. The predicted octanol–water partition coefficient (Wildman–Crippen LogP) is 4.20. The molecular weight excluding hydrogens is 329 g/mol. The minimum atomic E-state index is -1.52. The fourth-order valence-electron chi connectivity index (χ4n) is 1.53. The molecule has 0 spiro atoms. The summed E-state index contributed by atoms with van der Waals surface area (Å²) < 4.78 is 39.7. The molecule has 0 saturated carbocycles. The van der Waals surface area contributed by atoms with Crippen LogP contribution < -0.4 is 0 Å². The van der Waals surface area contributed by atoms with Gasteiger partial charge in [0.15, 0.2) is 17.5 Å². The molecule has 1 N–H and O–H groups in total. The molecule has 0 aliphatic heterocycles. The van der Waals surface area contributed by atoms with E-state index in [1.54, 1.807) is 0 Å². The molecule has 1 unspecified atom stereocenters. The second-order valence-corrected chi connectivity index (χ2v) is 5.57. The largest absolute Gasteiger partial charge is 0.388 e. The van der Waals surface area contributed by atoms with Crippen molar-refractivity contribution in [2.24, 2.45) is 0 Å². The third-order valence-corrected chi connectivity index (χ3v) is 4.41. The highest BCUT2D eigenvalue weighted by molar-refractivity contribution is 9.10. The molecule has 2 rings (SSSR count). The summed E-state index contributed by atoms with van der Waals surface area (Å²) in [5.41, 5.74) is 0.0201. The van der Waals surface area contributed by atoms with Crippen LogP contribution >= 0.6 is 27.3 Å². The molecule has 1 nitrogen and oxygen atoms in total. The van der Waals surface area contributed by atoms with E-state index in [0.717, 1.165) is 21.5 Å². The molecule has 0 bridgehead atoms. The van der Waals surface area contributed by atoms with Crippen LogP contribution in [0.25, 0.3) is 0 Å². The lowest BCUT2D eigenvalue weighted by molar-refractivity contribution is 0.178. The van der Waals surface area contributed by atoms with Gasteiger partial charge in [0.05, 0.1) is 6.10 Å². The Labute approximate surface area is 114 Å². The monoisotopic (exact) mass is 336 g/mol. The topological polar surface area (TPSA) is 20.2 Å². The van der Waals surface area contributed by atoms with Crippen molar-refractivity contribution in [3.8, 4) is 0 Å². The summed E-state index contributed by atoms with van der Waals surface area (Å²) in [5.74, 6) is -4.12. The summed E-state index contributed by atoms with van der Waals surface area (Å²) in [6, 6.07) is 3.44. The molecule has 2 aromatic rings. The Morgan fingerprint density at radius 3 is 2.33 bits per heavy atom. The first-order valence-corrected chi connectivity index (χ1v) is 6.70. The lowest BCUT2D eigenvalue weighted by Gasteiger charge is -2.11. The molecule has 1 aromatic carbocycles. The number of hydrogen-bond acceptors (Lipinski definition) is 2. The van der Waals surface area contributed by atoms with Crippen LogP contribution in [0.15, 0.2) is 28.1 Å². The van der Waals surface area contributed by atoms with E-state index in [9.17, 15) is 18.3 Å². The summed E-state index contributed by atoms with van der Waals surface area (Å²) in [5, 5.41) is 11.7. The van der Waals surface area contributed by atoms with Gasteiger partial charge in [0.2, 0.25) is 0 Å². The van der Waals surface area contributed by atoms with Crippen LogP contribution in [0.2, 0.25) is 0 Å². The molecule has 0 fully saturated rings. The van der Waals surface area contributed by atoms with Crippen molar-refractivity contribution in [3.63, 3.8) is 0 Å². The Bertz CT molecular complexity index is 547.